The van der Waals surface area contributed by atoms with E-state index in [1.807, 2.05) is 6.08 Å². The number of allylic oxidation sites excluding steroid dienone is 1. The summed E-state index contributed by atoms with van der Waals surface area (Å²) >= 11 is 0. The largest absolute Gasteiger partial charge is 0.459 e. The highest BCUT2D eigenvalue weighted by Gasteiger charge is 1.97. The molecule has 0 aromatic heterocycles. The Labute approximate surface area is 61.6 Å². The van der Waals surface area contributed by atoms with Gasteiger partial charge in [0.15, 0.2) is 6.26 Å². The van der Waals surface area contributed by atoms with Gasteiger partial charge < -0.3 is 10.1 Å². The molecule has 1 heterocycles. The first-order chi connectivity index (χ1) is 4.93. The zero-order chi connectivity index (χ0) is 7.23. The molecule has 0 unspecified atom stereocenters. The maximum atomic E-state index is 4.85. The maximum Gasteiger partial charge on any atom is 0.189 e. The summed E-state index contributed by atoms with van der Waals surface area (Å²) in [4.78, 5) is 0. The Hall–Kier alpha value is -0.920. The van der Waals surface area contributed by atoms with Gasteiger partial charge in [-0.05, 0) is 12.5 Å². The molecule has 0 saturated heterocycles. The number of nitrogens with one attached hydrogen (secondary N) is 1. The molecule has 0 amide bonds. The van der Waals surface area contributed by atoms with Crippen molar-refractivity contribution in [1.29, 1.82) is 0 Å². The molecule has 1 N–H and O–H groups in total. The van der Waals surface area contributed by atoms with Gasteiger partial charge in [-0.1, -0.05) is 6.92 Å². The topological polar surface area (TPSA) is 21.3 Å². The zero-order valence-electron chi connectivity index (χ0n) is 6.18. The molecule has 0 aliphatic carbocycles. The molecule has 0 bridgehead atoms. The molecule has 55 valence electrons. The van der Waals surface area contributed by atoms with Gasteiger partial charge in [-0.3, -0.25) is 0 Å². The van der Waals surface area contributed by atoms with E-state index in [9.17, 15) is 0 Å². The lowest BCUT2D eigenvalue weighted by molar-refractivity contribution is 0.354. The van der Waals surface area contributed by atoms with Crippen LogP contribution in [0.15, 0.2) is 18.0 Å². The van der Waals surface area contributed by atoms with Crippen LogP contribution in [0.3, 0.4) is 0 Å². The van der Waals surface area contributed by atoms with E-state index in [1.54, 1.807) is 6.26 Å². The molecule has 1 aliphatic rings. The average molecular weight is 138 g/mol. The molecule has 0 spiro atoms. The van der Waals surface area contributed by atoms with Gasteiger partial charge in [-0.2, -0.15) is 0 Å². The molecule has 1 radical (unpaired) electrons. The first-order valence-corrected chi connectivity index (χ1v) is 3.60. The lowest BCUT2D eigenvalue weighted by Gasteiger charge is -2.08. The lowest BCUT2D eigenvalue weighted by atomic mass is 10.3. The third kappa shape index (κ3) is 2.13. The molecule has 0 aromatic rings. The van der Waals surface area contributed by atoms with E-state index in [-0.39, 0.29) is 0 Å². The third-order valence-corrected chi connectivity index (χ3v) is 1.26. The monoisotopic (exact) mass is 138 g/mol. The van der Waals surface area contributed by atoms with Crippen molar-refractivity contribution in [2.75, 3.05) is 6.54 Å². The minimum Gasteiger partial charge on any atom is -0.459 e. The highest BCUT2D eigenvalue weighted by molar-refractivity contribution is 5.02. The first kappa shape index (κ1) is 7.19. The van der Waals surface area contributed by atoms with Crippen molar-refractivity contribution in [3.8, 4) is 0 Å². The summed E-state index contributed by atoms with van der Waals surface area (Å²) in [6.07, 6.45) is 8.44. The van der Waals surface area contributed by atoms with Crippen LogP contribution in [0.1, 0.15) is 19.8 Å². The minimum atomic E-state index is 0.917. The second-order valence-electron chi connectivity index (χ2n) is 2.20. The summed E-state index contributed by atoms with van der Waals surface area (Å²) in [5, 5.41) is 3.20. The predicted octanol–water partition coefficient (Wildman–Crippen LogP) is 1.56. The molecule has 0 saturated carbocycles. The normalized spacial score (nSPS) is 15.9. The van der Waals surface area contributed by atoms with Crippen LogP contribution < -0.4 is 5.32 Å². The van der Waals surface area contributed by atoms with Gasteiger partial charge >= 0.3 is 0 Å². The SMILES string of the molecule is CCCNC1=[C]OC=CC1. The zero-order valence-corrected chi connectivity index (χ0v) is 6.18. The van der Waals surface area contributed by atoms with Gasteiger partial charge in [0.1, 0.15) is 0 Å². The molecule has 1 rings (SSSR count). The quantitative estimate of drug-likeness (QED) is 0.639. The Kier molecular flexibility index (Phi) is 2.87. The van der Waals surface area contributed by atoms with Crippen molar-refractivity contribution in [2.45, 2.75) is 19.8 Å². The summed E-state index contributed by atoms with van der Waals surface area (Å²) in [5.41, 5.74) is 1.05. The smallest absolute Gasteiger partial charge is 0.189 e. The van der Waals surface area contributed by atoms with E-state index in [0.29, 0.717) is 0 Å². The van der Waals surface area contributed by atoms with Gasteiger partial charge in [0, 0.05) is 13.0 Å². The maximum absolute atomic E-state index is 4.85. The Bertz CT molecular complexity index is 149. The van der Waals surface area contributed by atoms with Gasteiger partial charge in [-0.15, -0.1) is 0 Å². The highest BCUT2D eigenvalue weighted by Crippen LogP contribution is 2.03. The highest BCUT2D eigenvalue weighted by atomic mass is 16.5. The molecule has 2 heteroatoms. The Balaban J connectivity index is 2.21. The molecular formula is C8H12NO. The van der Waals surface area contributed by atoms with E-state index >= 15 is 0 Å². The Morgan fingerprint density at radius 3 is 3.30 bits per heavy atom. The molecule has 0 aromatic carbocycles. The van der Waals surface area contributed by atoms with E-state index in [0.717, 1.165) is 25.1 Å². The minimum absolute atomic E-state index is 0.917. The summed E-state index contributed by atoms with van der Waals surface area (Å²) in [7, 11) is 0. The van der Waals surface area contributed by atoms with Crippen LogP contribution in [0.4, 0.5) is 0 Å². The average Bonchev–Trinajstić information content (AvgIpc) is 2.03. The number of ether oxygens (including phenoxy) is 1. The van der Waals surface area contributed by atoms with Crippen molar-refractivity contribution < 1.29 is 4.74 Å². The van der Waals surface area contributed by atoms with Crippen molar-refractivity contribution in [3.05, 3.63) is 24.3 Å². The number of hydrogen-bond acceptors (Lipinski definition) is 2. The summed E-state index contributed by atoms with van der Waals surface area (Å²) < 4.78 is 4.85. The van der Waals surface area contributed by atoms with Crippen LogP contribution in [-0.2, 0) is 4.74 Å². The van der Waals surface area contributed by atoms with Crippen molar-refractivity contribution in [2.24, 2.45) is 0 Å². The summed E-state index contributed by atoms with van der Waals surface area (Å²) in [6, 6.07) is 0. The number of rotatable bonds is 3. The molecule has 0 fully saturated rings. The van der Waals surface area contributed by atoms with Crippen LogP contribution in [0.2, 0.25) is 0 Å². The second-order valence-corrected chi connectivity index (χ2v) is 2.20. The number of hydrogen-bond donors (Lipinski definition) is 1. The first-order valence-electron chi connectivity index (χ1n) is 3.60. The van der Waals surface area contributed by atoms with Gasteiger partial charge in [0.2, 0.25) is 0 Å². The van der Waals surface area contributed by atoms with Crippen LogP contribution in [0, 0.1) is 6.26 Å². The summed E-state index contributed by atoms with van der Waals surface area (Å²) in [6.45, 7) is 3.13. The van der Waals surface area contributed by atoms with E-state index < -0.39 is 0 Å². The van der Waals surface area contributed by atoms with Crippen LogP contribution in [0.25, 0.3) is 0 Å². The van der Waals surface area contributed by atoms with Crippen LogP contribution in [0.5, 0.6) is 0 Å². The van der Waals surface area contributed by atoms with Crippen molar-refractivity contribution in [3.63, 3.8) is 0 Å². The molecule has 0 atom stereocenters. The molecule has 10 heavy (non-hydrogen) atoms. The van der Waals surface area contributed by atoms with Gasteiger partial charge in [0.25, 0.3) is 0 Å². The third-order valence-electron chi connectivity index (χ3n) is 1.26. The Morgan fingerprint density at radius 2 is 2.70 bits per heavy atom. The van der Waals surface area contributed by atoms with E-state index in [4.69, 9.17) is 4.74 Å². The van der Waals surface area contributed by atoms with Crippen molar-refractivity contribution in [1.82, 2.24) is 5.32 Å². The van der Waals surface area contributed by atoms with Gasteiger partial charge in [-0.25, -0.2) is 0 Å². The molecule has 2 nitrogen and oxygen atoms in total. The fourth-order valence-corrected chi connectivity index (χ4v) is 0.745. The Morgan fingerprint density at radius 1 is 1.80 bits per heavy atom. The standard InChI is InChI=1S/C8H12NO/c1-2-5-9-8-4-3-6-10-7-8/h3,6,9H,2,4-5H2,1H3. The second kappa shape index (κ2) is 3.99. The fourth-order valence-electron chi connectivity index (χ4n) is 0.745. The van der Waals surface area contributed by atoms with E-state index in [2.05, 4.69) is 18.5 Å². The predicted molar refractivity (Wildman–Crippen MR) is 39.9 cm³/mol. The van der Waals surface area contributed by atoms with Crippen LogP contribution in [-0.4, -0.2) is 6.54 Å². The molecule has 1 aliphatic heterocycles. The lowest BCUT2D eigenvalue weighted by Crippen LogP contribution is -2.14. The summed E-state index contributed by atoms with van der Waals surface area (Å²) in [5.74, 6) is 0. The van der Waals surface area contributed by atoms with Gasteiger partial charge in [0.05, 0.1) is 12.0 Å². The fraction of sp³-hybridized carbons (Fsp3) is 0.500. The van der Waals surface area contributed by atoms with Crippen LogP contribution >= 0.6 is 0 Å². The van der Waals surface area contributed by atoms with Crippen molar-refractivity contribution >= 4 is 0 Å². The van der Waals surface area contributed by atoms with E-state index in [1.165, 1.54) is 0 Å². The molecular weight excluding hydrogens is 126 g/mol.